The maximum atomic E-state index is 12.1. The molecule has 0 bridgehead atoms. The lowest BCUT2D eigenvalue weighted by Gasteiger charge is -2.35. The standard InChI is InChI=1S/C16H26N2O2/c1-12(16(2,3)11-18(4)5)17-15(20)14(19)13-9-7-6-8-10-13/h6-10,12,14,19H,11H2,1-5H3,(H,17,20). The molecule has 0 saturated carbocycles. The highest BCUT2D eigenvalue weighted by atomic mass is 16.3. The molecule has 1 amide bonds. The van der Waals surface area contributed by atoms with Crippen LogP contribution in [0.2, 0.25) is 0 Å². The van der Waals surface area contributed by atoms with Gasteiger partial charge in [-0.1, -0.05) is 44.2 Å². The van der Waals surface area contributed by atoms with E-state index in [1.807, 2.05) is 39.2 Å². The van der Waals surface area contributed by atoms with Crippen molar-refractivity contribution in [2.45, 2.75) is 32.9 Å². The molecule has 0 aromatic heterocycles. The van der Waals surface area contributed by atoms with Crippen molar-refractivity contribution in [1.29, 1.82) is 0 Å². The summed E-state index contributed by atoms with van der Waals surface area (Å²) in [4.78, 5) is 14.2. The Hall–Kier alpha value is -1.39. The van der Waals surface area contributed by atoms with Gasteiger partial charge in [-0.05, 0) is 32.0 Å². The maximum absolute atomic E-state index is 12.1. The Morgan fingerprint density at radius 1 is 1.30 bits per heavy atom. The molecule has 4 heteroatoms. The molecule has 0 fully saturated rings. The first-order valence-electron chi connectivity index (χ1n) is 6.92. The quantitative estimate of drug-likeness (QED) is 0.834. The van der Waals surface area contributed by atoms with Crippen LogP contribution in [0.25, 0.3) is 0 Å². The van der Waals surface area contributed by atoms with Crippen molar-refractivity contribution in [2.24, 2.45) is 5.41 Å². The van der Waals surface area contributed by atoms with Crippen LogP contribution in [0.1, 0.15) is 32.4 Å². The largest absolute Gasteiger partial charge is 0.378 e. The average molecular weight is 278 g/mol. The van der Waals surface area contributed by atoms with Gasteiger partial charge in [0, 0.05) is 12.6 Å². The van der Waals surface area contributed by atoms with Gasteiger partial charge in [-0.2, -0.15) is 0 Å². The third kappa shape index (κ3) is 4.62. The molecule has 0 heterocycles. The summed E-state index contributed by atoms with van der Waals surface area (Å²) < 4.78 is 0. The average Bonchev–Trinajstić information content (AvgIpc) is 2.37. The number of nitrogens with zero attached hydrogens (tertiary/aromatic N) is 1. The lowest BCUT2D eigenvalue weighted by molar-refractivity contribution is -0.131. The molecule has 0 aliphatic carbocycles. The molecule has 0 saturated heterocycles. The zero-order valence-electron chi connectivity index (χ0n) is 13.1. The van der Waals surface area contributed by atoms with E-state index >= 15 is 0 Å². The van der Waals surface area contributed by atoms with E-state index in [1.54, 1.807) is 12.1 Å². The minimum atomic E-state index is -1.12. The van der Waals surface area contributed by atoms with Crippen molar-refractivity contribution >= 4 is 5.91 Å². The minimum absolute atomic E-state index is 0.0317. The van der Waals surface area contributed by atoms with E-state index < -0.39 is 6.10 Å². The van der Waals surface area contributed by atoms with Gasteiger partial charge in [0.05, 0.1) is 0 Å². The second kappa shape index (κ2) is 6.86. The number of hydrogen-bond acceptors (Lipinski definition) is 3. The fourth-order valence-electron chi connectivity index (χ4n) is 2.23. The van der Waals surface area contributed by atoms with Crippen LogP contribution < -0.4 is 5.32 Å². The summed E-state index contributed by atoms with van der Waals surface area (Å²) in [6.07, 6.45) is -1.12. The van der Waals surface area contributed by atoms with Crippen LogP contribution in [-0.4, -0.2) is 42.6 Å². The zero-order chi connectivity index (χ0) is 15.3. The molecule has 4 nitrogen and oxygen atoms in total. The molecule has 2 atom stereocenters. The summed E-state index contributed by atoms with van der Waals surface area (Å²) in [6.45, 7) is 7.04. The Morgan fingerprint density at radius 2 is 1.85 bits per heavy atom. The SMILES string of the molecule is CC(NC(=O)C(O)c1ccccc1)C(C)(C)CN(C)C. The number of carbonyl (C=O) groups excluding carboxylic acids is 1. The zero-order valence-corrected chi connectivity index (χ0v) is 13.1. The number of carbonyl (C=O) groups is 1. The molecule has 1 aromatic rings. The van der Waals surface area contributed by atoms with Crippen LogP contribution >= 0.6 is 0 Å². The van der Waals surface area contributed by atoms with Crippen molar-refractivity contribution in [2.75, 3.05) is 20.6 Å². The van der Waals surface area contributed by atoms with Gasteiger partial charge in [0.15, 0.2) is 6.10 Å². The lowest BCUT2D eigenvalue weighted by Crippen LogP contribution is -2.48. The molecule has 20 heavy (non-hydrogen) atoms. The van der Waals surface area contributed by atoms with Crippen molar-refractivity contribution in [1.82, 2.24) is 10.2 Å². The van der Waals surface area contributed by atoms with Crippen LogP contribution in [-0.2, 0) is 4.79 Å². The normalized spacial score (nSPS) is 14.9. The number of aliphatic hydroxyl groups excluding tert-OH is 1. The number of hydrogen-bond donors (Lipinski definition) is 2. The van der Waals surface area contributed by atoms with E-state index in [0.29, 0.717) is 5.56 Å². The number of benzene rings is 1. The molecule has 112 valence electrons. The number of rotatable bonds is 6. The molecule has 1 aromatic carbocycles. The summed E-state index contributed by atoms with van der Waals surface area (Å²) >= 11 is 0. The number of nitrogens with one attached hydrogen (secondary N) is 1. The van der Waals surface area contributed by atoms with Gasteiger partial charge < -0.3 is 15.3 Å². The van der Waals surface area contributed by atoms with Gasteiger partial charge in [0.1, 0.15) is 0 Å². The highest BCUT2D eigenvalue weighted by Crippen LogP contribution is 2.22. The fourth-order valence-corrected chi connectivity index (χ4v) is 2.23. The summed E-state index contributed by atoms with van der Waals surface area (Å²) in [7, 11) is 4.02. The van der Waals surface area contributed by atoms with E-state index in [2.05, 4.69) is 24.1 Å². The number of aliphatic hydroxyl groups is 1. The van der Waals surface area contributed by atoms with Crippen molar-refractivity contribution in [3.05, 3.63) is 35.9 Å². The first kappa shape index (κ1) is 16.7. The summed E-state index contributed by atoms with van der Waals surface area (Å²) in [5, 5.41) is 13.0. The van der Waals surface area contributed by atoms with E-state index in [4.69, 9.17) is 0 Å². The van der Waals surface area contributed by atoms with Gasteiger partial charge in [-0.3, -0.25) is 4.79 Å². The van der Waals surface area contributed by atoms with Gasteiger partial charge in [0.2, 0.25) is 0 Å². The van der Waals surface area contributed by atoms with Crippen LogP contribution in [0.3, 0.4) is 0 Å². The van der Waals surface area contributed by atoms with Gasteiger partial charge in [0.25, 0.3) is 5.91 Å². The van der Waals surface area contributed by atoms with Gasteiger partial charge in [-0.25, -0.2) is 0 Å². The first-order chi connectivity index (χ1) is 9.24. The second-order valence-electron chi connectivity index (χ2n) is 6.27. The lowest BCUT2D eigenvalue weighted by atomic mass is 9.84. The molecule has 1 rings (SSSR count). The van der Waals surface area contributed by atoms with Crippen molar-refractivity contribution in [3.63, 3.8) is 0 Å². The number of amides is 1. The third-order valence-electron chi connectivity index (χ3n) is 3.62. The molecule has 0 radical (unpaired) electrons. The van der Waals surface area contributed by atoms with Crippen LogP contribution in [0.5, 0.6) is 0 Å². The maximum Gasteiger partial charge on any atom is 0.253 e. The van der Waals surface area contributed by atoms with Crippen LogP contribution in [0.15, 0.2) is 30.3 Å². The molecule has 2 unspecified atom stereocenters. The molecular formula is C16H26N2O2. The van der Waals surface area contributed by atoms with E-state index in [0.717, 1.165) is 6.54 Å². The molecular weight excluding hydrogens is 252 g/mol. The minimum Gasteiger partial charge on any atom is -0.378 e. The Bertz CT molecular complexity index is 429. The highest BCUT2D eigenvalue weighted by molar-refractivity contribution is 5.82. The van der Waals surface area contributed by atoms with Crippen molar-refractivity contribution in [3.8, 4) is 0 Å². The second-order valence-corrected chi connectivity index (χ2v) is 6.27. The molecule has 0 aliphatic rings. The van der Waals surface area contributed by atoms with Crippen LogP contribution in [0.4, 0.5) is 0 Å². The Kier molecular flexibility index (Phi) is 5.72. The Labute approximate surface area is 121 Å². The topological polar surface area (TPSA) is 52.6 Å². The summed E-state index contributed by atoms with van der Waals surface area (Å²) in [5.41, 5.74) is 0.540. The van der Waals surface area contributed by atoms with E-state index in [1.165, 1.54) is 0 Å². The highest BCUT2D eigenvalue weighted by Gasteiger charge is 2.29. The smallest absolute Gasteiger partial charge is 0.253 e. The summed E-state index contributed by atoms with van der Waals surface area (Å²) in [5.74, 6) is -0.351. The van der Waals surface area contributed by atoms with Gasteiger partial charge >= 0.3 is 0 Å². The third-order valence-corrected chi connectivity index (χ3v) is 3.62. The molecule has 2 N–H and O–H groups in total. The first-order valence-corrected chi connectivity index (χ1v) is 6.92. The van der Waals surface area contributed by atoms with E-state index in [-0.39, 0.29) is 17.4 Å². The van der Waals surface area contributed by atoms with E-state index in [9.17, 15) is 9.90 Å². The monoisotopic (exact) mass is 278 g/mol. The Morgan fingerprint density at radius 3 is 2.35 bits per heavy atom. The van der Waals surface area contributed by atoms with Crippen LogP contribution in [0, 0.1) is 5.41 Å². The fraction of sp³-hybridized carbons (Fsp3) is 0.562. The molecule has 0 aliphatic heterocycles. The Balaban J connectivity index is 2.66. The van der Waals surface area contributed by atoms with Crippen molar-refractivity contribution < 1.29 is 9.90 Å². The molecule has 0 spiro atoms. The predicted molar refractivity (Wildman–Crippen MR) is 81.3 cm³/mol. The predicted octanol–water partition coefficient (Wildman–Crippen LogP) is 1.81. The van der Waals surface area contributed by atoms with Gasteiger partial charge in [-0.15, -0.1) is 0 Å². The summed E-state index contributed by atoms with van der Waals surface area (Å²) in [6, 6.07) is 8.95.